The van der Waals surface area contributed by atoms with Gasteiger partial charge in [0.1, 0.15) is 12.4 Å². The van der Waals surface area contributed by atoms with Gasteiger partial charge in [0.25, 0.3) is 0 Å². The molecule has 1 aromatic heterocycles. The highest BCUT2D eigenvalue weighted by atomic mass is 32.1. The molecule has 3 rings (SSSR count). The van der Waals surface area contributed by atoms with Gasteiger partial charge in [0.15, 0.2) is 13.4 Å². The van der Waals surface area contributed by atoms with Gasteiger partial charge in [-0.2, -0.15) is 4.39 Å². The first-order valence-electron chi connectivity index (χ1n) is 10.6. The van der Waals surface area contributed by atoms with Crippen LogP contribution in [0.25, 0.3) is 21.2 Å². The van der Waals surface area contributed by atoms with Gasteiger partial charge in [0.05, 0.1) is 13.2 Å². The number of hydrogen-bond acceptors (Lipinski definition) is 4. The first kappa shape index (κ1) is 23.9. The second-order valence-corrected chi connectivity index (χ2v) is 15.3. The molecule has 31 heavy (non-hydrogen) atoms. The SMILES string of the molecule is COCCOc1ccc(-c2c(F)sc3ccc(CO[Si](C)(C)C(C)(C)C)cc23)c(C)c1. The minimum atomic E-state index is -1.85. The van der Waals surface area contributed by atoms with Crippen molar-refractivity contribution in [3.63, 3.8) is 0 Å². The quantitative estimate of drug-likeness (QED) is 0.256. The zero-order chi connectivity index (χ0) is 22.8. The summed E-state index contributed by atoms with van der Waals surface area (Å²) in [5.74, 6) is 0.765. The van der Waals surface area contributed by atoms with Crippen molar-refractivity contribution in [3.8, 4) is 16.9 Å². The van der Waals surface area contributed by atoms with Crippen LogP contribution in [0.3, 0.4) is 0 Å². The third-order valence-corrected chi connectivity index (χ3v) is 11.6. The molecule has 0 unspecified atom stereocenters. The molecule has 0 aliphatic carbocycles. The summed E-state index contributed by atoms with van der Waals surface area (Å²) in [7, 11) is -0.204. The molecular weight excluding hydrogens is 427 g/mol. The van der Waals surface area contributed by atoms with Crippen LogP contribution >= 0.6 is 11.3 Å². The van der Waals surface area contributed by atoms with E-state index in [9.17, 15) is 0 Å². The van der Waals surface area contributed by atoms with E-state index in [1.54, 1.807) is 7.11 Å². The molecule has 0 bridgehead atoms. The topological polar surface area (TPSA) is 27.7 Å². The fourth-order valence-electron chi connectivity index (χ4n) is 3.19. The number of fused-ring (bicyclic) bond motifs is 1. The van der Waals surface area contributed by atoms with Gasteiger partial charge in [-0.1, -0.05) is 32.9 Å². The summed E-state index contributed by atoms with van der Waals surface area (Å²) in [5, 5.41) is 0.935. The molecule has 6 heteroatoms. The Kier molecular flexibility index (Phi) is 7.26. The Morgan fingerprint density at radius 1 is 1.03 bits per heavy atom. The van der Waals surface area contributed by atoms with E-state index in [-0.39, 0.29) is 10.2 Å². The molecule has 0 fully saturated rings. The van der Waals surface area contributed by atoms with Crippen molar-refractivity contribution in [2.24, 2.45) is 0 Å². The molecule has 0 aliphatic rings. The van der Waals surface area contributed by atoms with Crippen molar-refractivity contribution in [3.05, 3.63) is 52.7 Å². The number of halogens is 1. The van der Waals surface area contributed by atoms with E-state index >= 15 is 4.39 Å². The Bertz CT molecular complexity index is 1050. The third kappa shape index (κ3) is 5.37. The van der Waals surface area contributed by atoms with E-state index < -0.39 is 8.32 Å². The minimum Gasteiger partial charge on any atom is -0.491 e. The predicted molar refractivity (Wildman–Crippen MR) is 131 cm³/mol. The van der Waals surface area contributed by atoms with E-state index in [1.165, 1.54) is 11.3 Å². The highest BCUT2D eigenvalue weighted by Crippen LogP contribution is 2.41. The van der Waals surface area contributed by atoms with Crippen LogP contribution in [-0.2, 0) is 15.8 Å². The monoisotopic (exact) mass is 460 g/mol. The zero-order valence-corrected chi connectivity index (χ0v) is 21.4. The number of aryl methyl sites for hydroxylation is 1. The van der Waals surface area contributed by atoms with Crippen molar-refractivity contribution in [2.75, 3.05) is 20.3 Å². The fourth-order valence-corrected chi connectivity index (χ4v) is 5.07. The Hall–Kier alpha value is -1.73. The van der Waals surface area contributed by atoms with Crippen molar-refractivity contribution in [1.29, 1.82) is 0 Å². The van der Waals surface area contributed by atoms with Crippen LogP contribution in [0.1, 0.15) is 31.9 Å². The van der Waals surface area contributed by atoms with Gasteiger partial charge in [-0.25, -0.2) is 0 Å². The maximum Gasteiger partial charge on any atom is 0.192 e. The van der Waals surface area contributed by atoms with Crippen molar-refractivity contribution in [2.45, 2.75) is 52.4 Å². The Morgan fingerprint density at radius 3 is 2.42 bits per heavy atom. The summed E-state index contributed by atoms with van der Waals surface area (Å²) in [4.78, 5) is 0. The largest absolute Gasteiger partial charge is 0.491 e. The van der Waals surface area contributed by atoms with E-state index in [2.05, 4.69) is 46.0 Å². The standard InChI is InChI=1S/C25H33FO3SSi/c1-17-14-19(28-13-12-27-5)9-10-20(17)23-21-15-18(8-11-22(21)30-24(23)26)16-29-31(6,7)25(2,3)4/h8-11,14-15H,12-13,16H2,1-7H3. The summed E-state index contributed by atoms with van der Waals surface area (Å²) in [6, 6.07) is 11.9. The maximum atomic E-state index is 15.0. The van der Waals surface area contributed by atoms with Gasteiger partial charge < -0.3 is 13.9 Å². The van der Waals surface area contributed by atoms with Gasteiger partial charge in [0.2, 0.25) is 0 Å². The van der Waals surface area contributed by atoms with E-state index in [1.807, 2.05) is 31.2 Å². The van der Waals surface area contributed by atoms with Crippen LogP contribution in [0.15, 0.2) is 36.4 Å². The molecule has 0 saturated carbocycles. The highest BCUT2D eigenvalue weighted by molar-refractivity contribution is 7.18. The van der Waals surface area contributed by atoms with Crippen LogP contribution in [0.5, 0.6) is 5.75 Å². The second-order valence-electron chi connectivity index (χ2n) is 9.45. The van der Waals surface area contributed by atoms with E-state index in [4.69, 9.17) is 13.9 Å². The van der Waals surface area contributed by atoms with E-state index in [0.29, 0.717) is 25.4 Å². The fraction of sp³-hybridized carbons (Fsp3) is 0.440. The minimum absolute atomic E-state index is 0.154. The van der Waals surface area contributed by atoms with Crippen LogP contribution in [0.4, 0.5) is 4.39 Å². The smallest absolute Gasteiger partial charge is 0.192 e. The van der Waals surface area contributed by atoms with E-state index in [0.717, 1.165) is 32.5 Å². The molecule has 0 amide bonds. The average molecular weight is 461 g/mol. The summed E-state index contributed by atoms with van der Waals surface area (Å²) in [6.45, 7) is 14.8. The Morgan fingerprint density at radius 2 is 1.77 bits per heavy atom. The maximum absolute atomic E-state index is 15.0. The number of hydrogen-bond donors (Lipinski definition) is 0. The molecule has 2 aromatic carbocycles. The van der Waals surface area contributed by atoms with Crippen molar-refractivity contribution in [1.82, 2.24) is 0 Å². The normalized spacial score (nSPS) is 12.5. The summed E-state index contributed by atoms with van der Waals surface area (Å²) in [6.07, 6.45) is 0. The molecule has 1 heterocycles. The molecule has 3 nitrogen and oxygen atoms in total. The van der Waals surface area contributed by atoms with Gasteiger partial charge >= 0.3 is 0 Å². The first-order chi connectivity index (χ1) is 14.5. The van der Waals surface area contributed by atoms with Gasteiger partial charge in [-0.15, -0.1) is 11.3 Å². The molecule has 0 radical (unpaired) electrons. The number of benzene rings is 2. The summed E-state index contributed by atoms with van der Waals surface area (Å²) < 4.78 is 33.1. The molecule has 168 valence electrons. The lowest BCUT2D eigenvalue weighted by Gasteiger charge is -2.36. The van der Waals surface area contributed by atoms with Gasteiger partial charge in [0, 0.05) is 22.8 Å². The molecule has 0 atom stereocenters. The summed E-state index contributed by atoms with van der Waals surface area (Å²) >= 11 is 1.19. The highest BCUT2D eigenvalue weighted by Gasteiger charge is 2.37. The second kappa shape index (κ2) is 9.41. The van der Waals surface area contributed by atoms with Crippen molar-refractivity contribution < 1.29 is 18.3 Å². The predicted octanol–water partition coefficient (Wildman–Crippen LogP) is 7.56. The van der Waals surface area contributed by atoms with Crippen LogP contribution < -0.4 is 4.74 Å². The molecule has 0 aliphatic heterocycles. The molecule has 0 N–H and O–H groups in total. The molecular formula is C25H33FO3SSi. The van der Waals surface area contributed by atoms with Gasteiger partial charge in [-0.05, 0) is 66.0 Å². The first-order valence-corrected chi connectivity index (χ1v) is 14.3. The molecule has 0 spiro atoms. The third-order valence-electron chi connectivity index (χ3n) is 6.14. The molecule has 3 aromatic rings. The molecule has 0 saturated heterocycles. The van der Waals surface area contributed by atoms with Gasteiger partial charge in [-0.3, -0.25) is 0 Å². The Balaban J connectivity index is 1.91. The lowest BCUT2D eigenvalue weighted by Crippen LogP contribution is -2.40. The van der Waals surface area contributed by atoms with Crippen LogP contribution in [0.2, 0.25) is 18.1 Å². The lowest BCUT2D eigenvalue weighted by molar-refractivity contribution is 0.146. The number of rotatable bonds is 8. The van der Waals surface area contributed by atoms with Crippen LogP contribution in [0, 0.1) is 12.1 Å². The number of ether oxygens (including phenoxy) is 2. The number of thiophene rings is 1. The van der Waals surface area contributed by atoms with Crippen LogP contribution in [-0.4, -0.2) is 28.6 Å². The Labute approximate surface area is 190 Å². The zero-order valence-electron chi connectivity index (χ0n) is 19.6. The number of methoxy groups -OCH3 is 1. The lowest BCUT2D eigenvalue weighted by atomic mass is 9.98. The summed E-state index contributed by atoms with van der Waals surface area (Å²) in [5.41, 5.74) is 3.62. The van der Waals surface area contributed by atoms with Crippen molar-refractivity contribution >= 4 is 29.7 Å². The average Bonchev–Trinajstić information content (AvgIpc) is 3.01.